The van der Waals surface area contributed by atoms with Gasteiger partial charge in [-0.15, -0.1) is 12.4 Å². The third kappa shape index (κ3) is 5.23. The third-order valence-corrected chi connectivity index (χ3v) is 5.48. The molecule has 0 aliphatic carbocycles. The molecule has 1 amide bonds. The van der Waals surface area contributed by atoms with Crippen molar-refractivity contribution in [3.63, 3.8) is 0 Å². The van der Waals surface area contributed by atoms with Gasteiger partial charge in [0.2, 0.25) is 5.91 Å². The average molecular weight is 409 g/mol. The first-order valence-corrected chi connectivity index (χ1v) is 9.32. The third-order valence-electron chi connectivity index (χ3n) is 5.23. The normalized spacial score (nSPS) is 16.9. The molecular weight excluding hydrogens is 383 g/mol. The highest BCUT2D eigenvalue weighted by atomic mass is 35.5. The second kappa shape index (κ2) is 9.56. The van der Waals surface area contributed by atoms with Crippen LogP contribution in [0.2, 0.25) is 5.02 Å². The second-order valence-corrected chi connectivity index (χ2v) is 7.44. The van der Waals surface area contributed by atoms with Gasteiger partial charge >= 0.3 is 0 Å². The van der Waals surface area contributed by atoms with Crippen LogP contribution in [0, 0.1) is 6.92 Å². The maximum absolute atomic E-state index is 12.6. The zero-order valence-electron chi connectivity index (χ0n) is 15.4. The van der Waals surface area contributed by atoms with Crippen molar-refractivity contribution in [3.05, 3.63) is 70.2 Å². The summed E-state index contributed by atoms with van der Waals surface area (Å²) in [6, 6.07) is 15.0. The summed E-state index contributed by atoms with van der Waals surface area (Å²) in [5, 5.41) is 3.78. The van der Waals surface area contributed by atoms with Gasteiger partial charge in [0.05, 0.1) is 0 Å². The summed E-state index contributed by atoms with van der Waals surface area (Å²) in [6.07, 6.45) is 1.71. The molecule has 1 heterocycles. The van der Waals surface area contributed by atoms with Crippen LogP contribution in [0.25, 0.3) is 0 Å². The summed E-state index contributed by atoms with van der Waals surface area (Å²) in [4.78, 5) is 12.6. The summed E-state index contributed by atoms with van der Waals surface area (Å²) in [5.41, 5.74) is 9.14. The number of amides is 1. The fraction of sp³-hybridized carbons (Fsp3) is 0.381. The molecule has 1 aliphatic heterocycles. The van der Waals surface area contributed by atoms with E-state index in [1.807, 2.05) is 55.5 Å². The maximum Gasteiger partial charge on any atom is 0.241 e. The molecule has 1 fully saturated rings. The van der Waals surface area contributed by atoms with E-state index in [9.17, 15) is 4.79 Å². The van der Waals surface area contributed by atoms with Gasteiger partial charge in [-0.2, -0.15) is 0 Å². The number of ether oxygens (including phenoxy) is 1. The minimum atomic E-state index is -0.669. The number of nitrogens with one attached hydrogen (secondary N) is 1. The van der Waals surface area contributed by atoms with Crippen LogP contribution in [-0.2, 0) is 14.9 Å². The Labute approximate surface area is 171 Å². The minimum absolute atomic E-state index is 0. The molecule has 4 nitrogen and oxygen atoms in total. The number of halogens is 2. The van der Waals surface area contributed by atoms with Crippen LogP contribution in [0.1, 0.15) is 35.6 Å². The van der Waals surface area contributed by atoms with E-state index in [2.05, 4.69) is 5.32 Å². The van der Waals surface area contributed by atoms with Crippen molar-refractivity contribution in [3.8, 4) is 0 Å². The van der Waals surface area contributed by atoms with E-state index >= 15 is 0 Å². The summed E-state index contributed by atoms with van der Waals surface area (Å²) in [7, 11) is 0. The number of rotatable bonds is 5. The van der Waals surface area contributed by atoms with E-state index in [0.717, 1.165) is 24.0 Å². The van der Waals surface area contributed by atoms with E-state index < -0.39 is 6.04 Å². The molecule has 0 spiro atoms. The topological polar surface area (TPSA) is 64.4 Å². The van der Waals surface area contributed by atoms with Crippen LogP contribution >= 0.6 is 24.0 Å². The van der Waals surface area contributed by atoms with Gasteiger partial charge in [-0.05, 0) is 43.0 Å². The maximum atomic E-state index is 12.6. The first-order chi connectivity index (χ1) is 12.5. The molecular formula is C21H26Cl2N2O2. The molecule has 1 unspecified atom stereocenters. The molecule has 2 aromatic rings. The summed E-state index contributed by atoms with van der Waals surface area (Å²) >= 11 is 6.03. The number of aryl methyl sites for hydroxylation is 1. The van der Waals surface area contributed by atoms with Crippen LogP contribution in [-0.4, -0.2) is 25.7 Å². The van der Waals surface area contributed by atoms with Crippen molar-refractivity contribution in [1.82, 2.24) is 5.32 Å². The zero-order chi connectivity index (χ0) is 18.6. The Morgan fingerprint density at radius 2 is 1.74 bits per heavy atom. The Hall–Kier alpha value is -1.59. The molecule has 3 rings (SSSR count). The first kappa shape index (κ1) is 21.7. The van der Waals surface area contributed by atoms with Gasteiger partial charge in [-0.3, -0.25) is 4.79 Å². The number of benzene rings is 2. The molecule has 0 bridgehead atoms. The van der Waals surface area contributed by atoms with Gasteiger partial charge in [0.25, 0.3) is 0 Å². The van der Waals surface area contributed by atoms with Crippen molar-refractivity contribution >= 4 is 29.9 Å². The highest BCUT2D eigenvalue weighted by Crippen LogP contribution is 2.35. The van der Waals surface area contributed by atoms with Crippen LogP contribution in [0.3, 0.4) is 0 Å². The van der Waals surface area contributed by atoms with Crippen molar-refractivity contribution < 1.29 is 9.53 Å². The SMILES string of the molecule is Cc1ccc(C(N)C(=O)NCC2(c3ccc(Cl)cc3)CCOCC2)cc1.Cl. The summed E-state index contributed by atoms with van der Waals surface area (Å²) in [6.45, 7) is 3.91. The van der Waals surface area contributed by atoms with Crippen LogP contribution in [0.5, 0.6) is 0 Å². The highest BCUT2D eigenvalue weighted by molar-refractivity contribution is 6.30. The van der Waals surface area contributed by atoms with Crippen LogP contribution < -0.4 is 11.1 Å². The Bertz CT molecular complexity index is 742. The van der Waals surface area contributed by atoms with Gasteiger partial charge in [-0.25, -0.2) is 0 Å². The molecule has 0 saturated carbocycles. The Morgan fingerprint density at radius 1 is 1.15 bits per heavy atom. The molecule has 27 heavy (non-hydrogen) atoms. The lowest BCUT2D eigenvalue weighted by Gasteiger charge is -2.38. The number of nitrogens with two attached hydrogens (primary N) is 1. The largest absolute Gasteiger partial charge is 0.381 e. The van der Waals surface area contributed by atoms with Gasteiger partial charge in [0.1, 0.15) is 6.04 Å². The van der Waals surface area contributed by atoms with E-state index in [4.69, 9.17) is 22.1 Å². The lowest BCUT2D eigenvalue weighted by molar-refractivity contribution is -0.123. The molecule has 146 valence electrons. The van der Waals surface area contributed by atoms with E-state index in [1.54, 1.807) is 0 Å². The lowest BCUT2D eigenvalue weighted by Crippen LogP contribution is -2.46. The predicted molar refractivity (Wildman–Crippen MR) is 112 cm³/mol. The molecule has 1 saturated heterocycles. The average Bonchev–Trinajstić information content (AvgIpc) is 2.67. The smallest absolute Gasteiger partial charge is 0.241 e. The Balaban J connectivity index is 0.00000261. The first-order valence-electron chi connectivity index (χ1n) is 8.94. The zero-order valence-corrected chi connectivity index (χ0v) is 17.0. The molecule has 6 heteroatoms. The Morgan fingerprint density at radius 3 is 2.33 bits per heavy atom. The molecule has 3 N–H and O–H groups in total. The van der Waals surface area contributed by atoms with Crippen LogP contribution in [0.4, 0.5) is 0 Å². The van der Waals surface area contributed by atoms with Crippen molar-refractivity contribution in [2.24, 2.45) is 5.73 Å². The fourth-order valence-electron chi connectivity index (χ4n) is 3.42. The van der Waals surface area contributed by atoms with E-state index in [-0.39, 0.29) is 23.7 Å². The summed E-state index contributed by atoms with van der Waals surface area (Å²) < 4.78 is 5.54. The number of carbonyl (C=O) groups is 1. The van der Waals surface area contributed by atoms with Gasteiger partial charge < -0.3 is 15.8 Å². The van der Waals surface area contributed by atoms with Crippen LogP contribution in [0.15, 0.2) is 48.5 Å². The van der Waals surface area contributed by atoms with Gasteiger partial charge in [0, 0.05) is 30.2 Å². The fourth-order valence-corrected chi connectivity index (χ4v) is 3.55. The molecule has 1 atom stereocenters. The van der Waals surface area contributed by atoms with E-state index in [1.165, 1.54) is 5.56 Å². The minimum Gasteiger partial charge on any atom is -0.381 e. The Kier molecular flexibility index (Phi) is 7.68. The van der Waals surface area contributed by atoms with Crippen molar-refractivity contribution in [2.45, 2.75) is 31.2 Å². The highest BCUT2D eigenvalue weighted by Gasteiger charge is 2.35. The quantitative estimate of drug-likeness (QED) is 0.787. The monoisotopic (exact) mass is 408 g/mol. The lowest BCUT2D eigenvalue weighted by atomic mass is 9.74. The standard InChI is InChI=1S/C21H25ClN2O2.ClH/c1-15-2-4-16(5-3-15)19(23)20(25)24-14-21(10-12-26-13-11-21)17-6-8-18(22)9-7-17;/h2-9,19H,10-14,23H2,1H3,(H,24,25);1H. The van der Waals surface area contributed by atoms with Gasteiger partial charge in [-0.1, -0.05) is 53.6 Å². The molecule has 2 aromatic carbocycles. The summed E-state index contributed by atoms with van der Waals surface area (Å²) in [5.74, 6) is -0.159. The van der Waals surface area contributed by atoms with Gasteiger partial charge in [0.15, 0.2) is 0 Å². The van der Waals surface area contributed by atoms with Crippen molar-refractivity contribution in [1.29, 1.82) is 0 Å². The molecule has 1 aliphatic rings. The second-order valence-electron chi connectivity index (χ2n) is 7.01. The van der Waals surface area contributed by atoms with E-state index in [0.29, 0.717) is 24.8 Å². The van der Waals surface area contributed by atoms with Crippen molar-refractivity contribution in [2.75, 3.05) is 19.8 Å². The molecule has 0 radical (unpaired) electrons. The number of carbonyl (C=O) groups excluding carboxylic acids is 1. The number of hydrogen-bond acceptors (Lipinski definition) is 3. The number of hydrogen-bond donors (Lipinski definition) is 2. The predicted octanol–water partition coefficient (Wildman–Crippen LogP) is 3.93. The molecule has 0 aromatic heterocycles.